The van der Waals surface area contributed by atoms with Gasteiger partial charge in [-0.3, -0.25) is 9.78 Å². The number of fused-ring (bicyclic) bond motifs is 1. The van der Waals surface area contributed by atoms with Crippen LogP contribution in [0.25, 0.3) is 0 Å². The predicted molar refractivity (Wildman–Crippen MR) is 87.3 cm³/mol. The first-order chi connectivity index (χ1) is 11.3. The molecule has 2 aromatic rings. The van der Waals surface area contributed by atoms with Crippen LogP contribution in [0, 0.1) is 5.92 Å². The van der Waals surface area contributed by atoms with Gasteiger partial charge in [-0.15, -0.1) is 0 Å². The zero-order chi connectivity index (χ0) is 15.6. The smallest absolute Gasteiger partial charge is 0.226 e. The van der Waals surface area contributed by atoms with Crippen LogP contribution < -0.4 is 4.74 Å². The van der Waals surface area contributed by atoms with Crippen LogP contribution in [0.2, 0.25) is 0 Å². The van der Waals surface area contributed by atoms with Crippen molar-refractivity contribution in [1.29, 1.82) is 0 Å². The van der Waals surface area contributed by atoms with Crippen LogP contribution >= 0.6 is 0 Å². The number of rotatable bonds is 2. The van der Waals surface area contributed by atoms with Crippen LogP contribution in [0.4, 0.5) is 0 Å². The number of pyridine rings is 1. The Balaban J connectivity index is 1.41. The highest BCUT2D eigenvalue weighted by atomic mass is 16.5. The van der Waals surface area contributed by atoms with Crippen molar-refractivity contribution in [2.24, 2.45) is 5.92 Å². The van der Waals surface area contributed by atoms with Crippen LogP contribution in [-0.2, 0) is 11.2 Å². The second-order valence-electron chi connectivity index (χ2n) is 6.37. The molecule has 4 nitrogen and oxygen atoms in total. The number of nitrogens with zero attached hydrogens (tertiary/aromatic N) is 2. The first-order valence-corrected chi connectivity index (χ1v) is 8.20. The molecule has 0 spiro atoms. The van der Waals surface area contributed by atoms with Crippen molar-refractivity contribution in [3.63, 3.8) is 0 Å². The van der Waals surface area contributed by atoms with Gasteiger partial charge >= 0.3 is 0 Å². The molecule has 4 rings (SSSR count). The van der Waals surface area contributed by atoms with Gasteiger partial charge in [0.2, 0.25) is 5.91 Å². The average Bonchev–Trinajstić information content (AvgIpc) is 2.76. The molecule has 1 amide bonds. The molecule has 0 bridgehead atoms. The monoisotopic (exact) mass is 308 g/mol. The quantitative estimate of drug-likeness (QED) is 0.856. The number of hydrogen-bond acceptors (Lipinski definition) is 3. The van der Waals surface area contributed by atoms with E-state index < -0.39 is 0 Å². The summed E-state index contributed by atoms with van der Waals surface area (Å²) in [6, 6.07) is 12.1. The maximum absolute atomic E-state index is 12.8. The summed E-state index contributed by atoms with van der Waals surface area (Å²) in [7, 11) is 0. The number of para-hydroxylation sites is 1. The van der Waals surface area contributed by atoms with E-state index in [0.717, 1.165) is 37.2 Å². The molecule has 0 N–H and O–H groups in total. The van der Waals surface area contributed by atoms with Gasteiger partial charge in [0.15, 0.2) is 0 Å². The van der Waals surface area contributed by atoms with Gasteiger partial charge in [0, 0.05) is 37.3 Å². The molecular formula is C19H20N2O2. The zero-order valence-electron chi connectivity index (χ0n) is 13.0. The van der Waals surface area contributed by atoms with Gasteiger partial charge < -0.3 is 9.64 Å². The molecule has 0 radical (unpaired) electrons. The number of hydrogen-bond donors (Lipinski definition) is 0. The first-order valence-electron chi connectivity index (χ1n) is 8.20. The Hall–Kier alpha value is -2.36. The fraction of sp³-hybridized carbons (Fsp3) is 0.368. The van der Waals surface area contributed by atoms with Crippen molar-refractivity contribution in [1.82, 2.24) is 9.88 Å². The summed E-state index contributed by atoms with van der Waals surface area (Å²) in [4.78, 5) is 18.9. The number of carbonyl (C=O) groups is 1. The Morgan fingerprint density at radius 1 is 1.17 bits per heavy atom. The van der Waals surface area contributed by atoms with E-state index >= 15 is 0 Å². The molecule has 1 aromatic heterocycles. The first kappa shape index (κ1) is 14.2. The van der Waals surface area contributed by atoms with E-state index in [-0.39, 0.29) is 11.8 Å². The van der Waals surface area contributed by atoms with Crippen LogP contribution in [-0.4, -0.2) is 35.5 Å². The maximum Gasteiger partial charge on any atom is 0.226 e. The molecule has 2 aliphatic rings. The SMILES string of the molecule is O=C(C1CCOc2ccccc2C1)N1CC(c2cccnc2)C1. The molecule has 23 heavy (non-hydrogen) atoms. The van der Waals surface area contributed by atoms with Gasteiger partial charge in [-0.2, -0.15) is 0 Å². The van der Waals surface area contributed by atoms with E-state index in [2.05, 4.69) is 17.1 Å². The Kier molecular flexibility index (Phi) is 3.74. The third-order valence-corrected chi connectivity index (χ3v) is 4.86. The zero-order valence-corrected chi connectivity index (χ0v) is 13.0. The Morgan fingerprint density at radius 2 is 2.04 bits per heavy atom. The standard InChI is InChI=1S/C19H20N2O2/c22-19(21-12-17(13-21)16-5-3-8-20-11-16)15-7-9-23-18-6-2-1-4-14(18)10-15/h1-6,8,11,15,17H,7,9-10,12-13H2. The minimum Gasteiger partial charge on any atom is -0.493 e. The molecule has 0 saturated carbocycles. The fourth-order valence-corrected chi connectivity index (χ4v) is 3.45. The van der Waals surface area contributed by atoms with Crippen molar-refractivity contribution in [2.45, 2.75) is 18.8 Å². The number of ether oxygens (including phenoxy) is 1. The van der Waals surface area contributed by atoms with Crippen molar-refractivity contribution in [3.8, 4) is 5.75 Å². The summed E-state index contributed by atoms with van der Waals surface area (Å²) in [6.45, 7) is 2.24. The lowest BCUT2D eigenvalue weighted by atomic mass is 9.89. The van der Waals surface area contributed by atoms with Crippen molar-refractivity contribution in [2.75, 3.05) is 19.7 Å². The number of carbonyl (C=O) groups excluding carboxylic acids is 1. The number of benzene rings is 1. The van der Waals surface area contributed by atoms with E-state index in [1.807, 2.05) is 35.4 Å². The molecule has 1 atom stereocenters. The van der Waals surface area contributed by atoms with Gasteiger partial charge in [0.1, 0.15) is 5.75 Å². The average molecular weight is 308 g/mol. The van der Waals surface area contributed by atoms with Gasteiger partial charge in [0.25, 0.3) is 0 Å². The number of amides is 1. The van der Waals surface area contributed by atoms with Gasteiger partial charge in [-0.05, 0) is 36.1 Å². The van der Waals surface area contributed by atoms with Gasteiger partial charge in [-0.1, -0.05) is 24.3 Å². The molecular weight excluding hydrogens is 288 g/mol. The second kappa shape index (κ2) is 6.03. The van der Waals surface area contributed by atoms with E-state index in [9.17, 15) is 4.79 Å². The Bertz CT molecular complexity index is 696. The van der Waals surface area contributed by atoms with Crippen LogP contribution in [0.3, 0.4) is 0 Å². The molecule has 4 heteroatoms. The van der Waals surface area contributed by atoms with E-state index in [0.29, 0.717) is 12.5 Å². The van der Waals surface area contributed by atoms with E-state index in [1.54, 1.807) is 6.20 Å². The van der Waals surface area contributed by atoms with Crippen molar-refractivity contribution in [3.05, 3.63) is 59.9 Å². The molecule has 1 fully saturated rings. The predicted octanol–water partition coefficient (Wildman–Crippen LogP) is 2.65. The van der Waals surface area contributed by atoms with Gasteiger partial charge in [0.05, 0.1) is 6.61 Å². The Labute approximate surface area is 136 Å². The normalized spacial score (nSPS) is 20.9. The minimum absolute atomic E-state index is 0.0356. The largest absolute Gasteiger partial charge is 0.493 e. The Morgan fingerprint density at radius 3 is 2.87 bits per heavy atom. The topological polar surface area (TPSA) is 42.4 Å². The summed E-state index contributed by atoms with van der Waals surface area (Å²) in [5.74, 6) is 1.67. The van der Waals surface area contributed by atoms with Gasteiger partial charge in [-0.25, -0.2) is 0 Å². The van der Waals surface area contributed by atoms with E-state index in [4.69, 9.17) is 4.74 Å². The summed E-state index contributed by atoms with van der Waals surface area (Å²) < 4.78 is 5.77. The number of aromatic nitrogens is 1. The molecule has 0 aliphatic carbocycles. The number of likely N-dealkylation sites (tertiary alicyclic amines) is 1. The lowest BCUT2D eigenvalue weighted by Gasteiger charge is -2.41. The highest BCUT2D eigenvalue weighted by molar-refractivity contribution is 5.80. The molecule has 2 aliphatic heterocycles. The van der Waals surface area contributed by atoms with Crippen molar-refractivity contribution >= 4 is 5.91 Å². The van der Waals surface area contributed by atoms with Crippen LogP contribution in [0.5, 0.6) is 5.75 Å². The fourth-order valence-electron chi connectivity index (χ4n) is 3.45. The highest BCUT2D eigenvalue weighted by Gasteiger charge is 2.36. The summed E-state index contributed by atoms with van der Waals surface area (Å²) >= 11 is 0. The van der Waals surface area contributed by atoms with Crippen molar-refractivity contribution < 1.29 is 9.53 Å². The third-order valence-electron chi connectivity index (χ3n) is 4.86. The lowest BCUT2D eigenvalue weighted by molar-refractivity contribution is -0.140. The highest BCUT2D eigenvalue weighted by Crippen LogP contribution is 2.32. The molecule has 1 saturated heterocycles. The van der Waals surface area contributed by atoms with Crippen LogP contribution in [0.15, 0.2) is 48.8 Å². The summed E-state index contributed by atoms with van der Waals surface area (Å²) in [5, 5.41) is 0. The third kappa shape index (κ3) is 2.81. The molecule has 1 aromatic carbocycles. The lowest BCUT2D eigenvalue weighted by Crippen LogP contribution is -2.51. The minimum atomic E-state index is 0.0356. The molecule has 1 unspecified atom stereocenters. The van der Waals surface area contributed by atoms with Crippen LogP contribution in [0.1, 0.15) is 23.5 Å². The summed E-state index contributed by atoms with van der Waals surface area (Å²) in [6.07, 6.45) is 5.26. The molecule has 3 heterocycles. The second-order valence-corrected chi connectivity index (χ2v) is 6.37. The summed E-state index contributed by atoms with van der Waals surface area (Å²) in [5.41, 5.74) is 2.37. The maximum atomic E-state index is 12.8. The molecule has 118 valence electrons. The van der Waals surface area contributed by atoms with E-state index in [1.165, 1.54) is 5.56 Å².